The Bertz CT molecular complexity index is 1260. The molecule has 3 aromatic rings. The summed E-state index contributed by atoms with van der Waals surface area (Å²) in [6.45, 7) is 6.12. The van der Waals surface area contributed by atoms with E-state index in [1.54, 1.807) is 11.8 Å². The van der Waals surface area contributed by atoms with Gasteiger partial charge in [0.1, 0.15) is 16.8 Å². The van der Waals surface area contributed by atoms with E-state index >= 15 is 0 Å². The van der Waals surface area contributed by atoms with E-state index < -0.39 is 5.41 Å². The lowest BCUT2D eigenvalue weighted by Gasteiger charge is -2.21. The Labute approximate surface area is 204 Å². The fraction of sp³-hybridized carbons (Fsp3) is 0.321. The first-order chi connectivity index (χ1) is 17.0. The Balaban J connectivity index is 1.39. The summed E-state index contributed by atoms with van der Waals surface area (Å²) in [5.74, 6) is 0.318. The zero-order chi connectivity index (χ0) is 24.6. The molecule has 0 spiro atoms. The number of esters is 1. The van der Waals surface area contributed by atoms with Crippen molar-refractivity contribution in [3.05, 3.63) is 71.9 Å². The molecule has 1 amide bonds. The molecule has 5 rings (SSSR count). The van der Waals surface area contributed by atoms with Gasteiger partial charge in [-0.15, -0.1) is 0 Å². The first kappa shape index (κ1) is 22.9. The highest BCUT2D eigenvalue weighted by atomic mass is 16.6. The summed E-state index contributed by atoms with van der Waals surface area (Å²) in [4.78, 5) is 26.7. The van der Waals surface area contributed by atoms with Crippen molar-refractivity contribution in [1.29, 1.82) is 0 Å². The number of benzene rings is 2. The summed E-state index contributed by atoms with van der Waals surface area (Å²) < 4.78 is 16.2. The monoisotopic (exact) mass is 472 g/mol. The van der Waals surface area contributed by atoms with Crippen molar-refractivity contribution in [3.8, 4) is 22.5 Å². The summed E-state index contributed by atoms with van der Waals surface area (Å²) in [5.41, 5.74) is 4.40. The normalized spacial score (nSPS) is 15.5. The van der Waals surface area contributed by atoms with Crippen molar-refractivity contribution in [1.82, 2.24) is 5.16 Å². The zero-order valence-electron chi connectivity index (χ0n) is 20.1. The highest BCUT2D eigenvalue weighted by molar-refractivity contribution is 5.95. The van der Waals surface area contributed by atoms with Gasteiger partial charge in [0.25, 0.3) is 0 Å². The van der Waals surface area contributed by atoms with Crippen molar-refractivity contribution in [3.63, 3.8) is 0 Å². The van der Waals surface area contributed by atoms with E-state index in [1.807, 2.05) is 74.5 Å². The summed E-state index contributed by atoms with van der Waals surface area (Å²) in [5, 5.41) is 4.14. The number of aryl methyl sites for hydroxylation is 1. The van der Waals surface area contributed by atoms with Crippen LogP contribution in [0.1, 0.15) is 37.9 Å². The zero-order valence-corrected chi connectivity index (χ0v) is 20.1. The molecule has 0 unspecified atom stereocenters. The highest BCUT2D eigenvalue weighted by Gasteiger charge is 2.45. The van der Waals surface area contributed by atoms with Crippen molar-refractivity contribution in [2.24, 2.45) is 0 Å². The fourth-order valence-electron chi connectivity index (χ4n) is 4.32. The minimum atomic E-state index is -0.717. The predicted molar refractivity (Wildman–Crippen MR) is 132 cm³/mol. The molecule has 35 heavy (non-hydrogen) atoms. The van der Waals surface area contributed by atoms with E-state index in [9.17, 15) is 9.59 Å². The lowest BCUT2D eigenvalue weighted by Crippen LogP contribution is -2.34. The maximum absolute atomic E-state index is 12.7. The molecule has 0 atom stereocenters. The summed E-state index contributed by atoms with van der Waals surface area (Å²) in [6.07, 6.45) is 5.24. The minimum Gasteiger partial charge on any atom is -0.465 e. The van der Waals surface area contributed by atoms with E-state index in [0.29, 0.717) is 30.4 Å². The average Bonchev–Trinajstić information content (AvgIpc) is 3.79. The second-order valence-electron chi connectivity index (χ2n) is 8.82. The molecule has 1 heterocycles. The first-order valence-corrected chi connectivity index (χ1v) is 12.0. The van der Waals surface area contributed by atoms with Crippen molar-refractivity contribution >= 4 is 17.7 Å². The Morgan fingerprint density at radius 2 is 1.51 bits per heavy atom. The second kappa shape index (κ2) is 9.06. The quantitative estimate of drug-likeness (QED) is 0.304. The van der Waals surface area contributed by atoms with Gasteiger partial charge in [0, 0.05) is 11.6 Å². The number of hydrogen-bond donors (Lipinski definition) is 0. The van der Waals surface area contributed by atoms with Crippen LogP contribution in [0.25, 0.3) is 22.5 Å². The molecule has 2 aliphatic carbocycles. The lowest BCUT2D eigenvalue weighted by molar-refractivity contribution is -0.145. The topological polar surface area (TPSA) is 81.9 Å². The number of nitrogens with zero attached hydrogens (tertiary/aromatic N) is 2. The van der Waals surface area contributed by atoms with Gasteiger partial charge in [-0.2, -0.15) is 0 Å². The van der Waals surface area contributed by atoms with E-state index in [0.717, 1.165) is 35.1 Å². The predicted octanol–water partition coefficient (Wildman–Crippen LogP) is 5.81. The van der Waals surface area contributed by atoms with Gasteiger partial charge < -0.3 is 14.0 Å². The van der Waals surface area contributed by atoms with E-state index in [-0.39, 0.29) is 18.1 Å². The molecule has 1 fully saturated rings. The van der Waals surface area contributed by atoms with Crippen LogP contribution >= 0.6 is 0 Å². The van der Waals surface area contributed by atoms with Crippen molar-refractivity contribution in [2.75, 3.05) is 18.1 Å². The molecule has 0 N–H and O–H groups in total. The molecule has 1 aromatic heterocycles. The third-order valence-corrected chi connectivity index (χ3v) is 6.41. The van der Waals surface area contributed by atoms with Gasteiger partial charge in [0.15, 0.2) is 5.76 Å². The van der Waals surface area contributed by atoms with Crippen LogP contribution < -0.4 is 4.90 Å². The Hall–Kier alpha value is -3.87. The number of carbonyl (C=O) groups excluding carboxylic acids is 2. The minimum absolute atomic E-state index is 0.113. The molecule has 0 saturated heterocycles. The van der Waals surface area contributed by atoms with Crippen molar-refractivity contribution in [2.45, 2.75) is 45.1 Å². The van der Waals surface area contributed by atoms with Gasteiger partial charge in [-0.1, -0.05) is 65.8 Å². The largest absolute Gasteiger partial charge is 0.465 e. The molecular formula is C28H28N2O5. The molecule has 7 nitrogen and oxygen atoms in total. The van der Waals surface area contributed by atoms with Gasteiger partial charge in [-0.05, 0) is 50.3 Å². The van der Waals surface area contributed by atoms with Crippen LogP contribution in [0.4, 0.5) is 10.5 Å². The molecule has 2 aromatic carbocycles. The number of amides is 1. The summed E-state index contributed by atoms with van der Waals surface area (Å²) in [7, 11) is 0. The third-order valence-electron chi connectivity index (χ3n) is 6.41. The molecule has 0 aliphatic heterocycles. The van der Waals surface area contributed by atoms with Crippen LogP contribution in [-0.2, 0) is 19.7 Å². The van der Waals surface area contributed by atoms with Crippen LogP contribution in [0.3, 0.4) is 0 Å². The standard InChI is InChI=1S/C28H28N2O5/c1-4-33-26(31)28(16-17-28)22-12-10-20(11-13-22)19-6-8-21(9-7-19)25-24(18(3)29-35-25)30(23-14-15-23)27(32)34-5-2/h6-13,16-17,23H,4-5,14-15H2,1-3H3. The highest BCUT2D eigenvalue weighted by Crippen LogP contribution is 2.42. The van der Waals surface area contributed by atoms with E-state index in [1.165, 1.54) is 0 Å². The number of anilines is 1. The Morgan fingerprint density at radius 1 is 0.943 bits per heavy atom. The number of aromatic nitrogens is 1. The van der Waals surface area contributed by atoms with Crippen molar-refractivity contribution < 1.29 is 23.6 Å². The maximum atomic E-state index is 12.7. The van der Waals surface area contributed by atoms with Crippen LogP contribution in [0.5, 0.6) is 0 Å². The molecule has 0 radical (unpaired) electrons. The van der Waals surface area contributed by atoms with Gasteiger partial charge in [-0.25, -0.2) is 4.79 Å². The van der Waals surface area contributed by atoms with Gasteiger partial charge >= 0.3 is 12.1 Å². The summed E-state index contributed by atoms with van der Waals surface area (Å²) in [6, 6.07) is 16.0. The van der Waals surface area contributed by atoms with Gasteiger partial charge in [-0.3, -0.25) is 9.69 Å². The van der Waals surface area contributed by atoms with Crippen LogP contribution in [-0.4, -0.2) is 36.5 Å². The SMILES string of the molecule is CCOC(=O)N(c1c(C)noc1-c1ccc(-c2ccc(C3(C(=O)OCC)C=C3)cc2)cc1)C1CC1. The molecule has 0 bridgehead atoms. The molecular weight excluding hydrogens is 444 g/mol. The fourth-order valence-corrected chi connectivity index (χ4v) is 4.32. The van der Waals surface area contributed by atoms with Crippen LogP contribution in [0, 0.1) is 6.92 Å². The number of hydrogen-bond acceptors (Lipinski definition) is 6. The molecule has 1 saturated carbocycles. The maximum Gasteiger partial charge on any atom is 0.414 e. The second-order valence-corrected chi connectivity index (χ2v) is 8.82. The van der Waals surface area contributed by atoms with Gasteiger partial charge in [0.2, 0.25) is 0 Å². The van der Waals surface area contributed by atoms with Gasteiger partial charge in [0.05, 0.1) is 13.2 Å². The van der Waals surface area contributed by atoms with Crippen LogP contribution in [0.2, 0.25) is 0 Å². The molecule has 180 valence electrons. The molecule has 2 aliphatic rings. The Kier molecular flexibility index (Phi) is 5.93. The number of carbonyl (C=O) groups is 2. The lowest BCUT2D eigenvalue weighted by atomic mass is 9.91. The van der Waals surface area contributed by atoms with E-state index in [4.69, 9.17) is 14.0 Å². The number of ether oxygens (including phenoxy) is 2. The summed E-state index contributed by atoms with van der Waals surface area (Å²) >= 11 is 0. The van der Waals surface area contributed by atoms with Crippen LogP contribution in [0.15, 0.2) is 65.2 Å². The third kappa shape index (κ3) is 4.22. The average molecular weight is 473 g/mol. The van der Waals surface area contributed by atoms with E-state index in [2.05, 4.69) is 5.16 Å². The molecule has 7 heteroatoms. The smallest absolute Gasteiger partial charge is 0.414 e. The number of rotatable bonds is 8. The Morgan fingerprint density at radius 3 is 2.06 bits per heavy atom. The first-order valence-electron chi connectivity index (χ1n) is 12.0.